The van der Waals surface area contributed by atoms with Crippen molar-refractivity contribution in [2.24, 2.45) is 0 Å². The van der Waals surface area contributed by atoms with Crippen LogP contribution in [0.2, 0.25) is 0 Å². The molecule has 8 heteroatoms. The zero-order valence-electron chi connectivity index (χ0n) is 16.1. The number of methoxy groups -OCH3 is 2. The van der Waals surface area contributed by atoms with Gasteiger partial charge in [-0.15, -0.1) is 11.8 Å². The first-order valence-corrected chi connectivity index (χ1v) is 10.0. The van der Waals surface area contributed by atoms with E-state index in [4.69, 9.17) is 9.47 Å². The summed E-state index contributed by atoms with van der Waals surface area (Å²) in [7, 11) is 3.12. The van der Waals surface area contributed by atoms with Crippen LogP contribution in [0.5, 0.6) is 11.5 Å². The van der Waals surface area contributed by atoms with E-state index < -0.39 is 0 Å². The van der Waals surface area contributed by atoms with Crippen molar-refractivity contribution in [1.82, 2.24) is 4.90 Å². The molecule has 1 aliphatic rings. The number of nitrogens with zero attached hydrogens (tertiary/aromatic N) is 2. The highest BCUT2D eigenvalue weighted by molar-refractivity contribution is 7.98. The number of hydrogen-bond donors (Lipinski definition) is 1. The normalized spacial score (nSPS) is 13.6. The van der Waals surface area contributed by atoms with Crippen molar-refractivity contribution in [1.29, 1.82) is 0 Å². The average Bonchev–Trinajstić information content (AvgIpc) is 3.08. The smallest absolute Gasteiger partial charge is 0.325 e. The Morgan fingerprint density at radius 3 is 2.50 bits per heavy atom. The van der Waals surface area contributed by atoms with Crippen LogP contribution in [-0.4, -0.2) is 56.9 Å². The maximum atomic E-state index is 12.8. The highest BCUT2D eigenvalue weighted by Crippen LogP contribution is 2.34. The van der Waals surface area contributed by atoms with Gasteiger partial charge in [-0.2, -0.15) is 0 Å². The molecule has 2 aromatic carbocycles. The van der Waals surface area contributed by atoms with E-state index in [2.05, 4.69) is 5.32 Å². The predicted molar refractivity (Wildman–Crippen MR) is 111 cm³/mol. The Bertz CT molecular complexity index is 857. The minimum atomic E-state index is -0.237. The Morgan fingerprint density at radius 1 is 1.11 bits per heavy atom. The molecule has 0 saturated carbocycles. The number of carbonyl (C=O) groups is 2. The number of rotatable bonds is 7. The van der Waals surface area contributed by atoms with E-state index in [-0.39, 0.29) is 18.5 Å². The van der Waals surface area contributed by atoms with Crippen LogP contribution in [0, 0.1) is 0 Å². The number of hydrogen-bond acceptors (Lipinski definition) is 5. The Kier molecular flexibility index (Phi) is 6.30. The van der Waals surface area contributed by atoms with E-state index in [1.54, 1.807) is 49.1 Å². The standard InChI is InChI=1S/C20H23N3O4S/c1-26-15-6-9-18(27-2)17(12-15)23-11-10-22(20(23)25)13-19(24)21-14-4-7-16(28-3)8-5-14/h4-9,12H,10-11,13H2,1-3H3,(H,21,24). The lowest BCUT2D eigenvalue weighted by Gasteiger charge is -2.21. The molecule has 28 heavy (non-hydrogen) atoms. The van der Waals surface area contributed by atoms with Crippen molar-refractivity contribution in [2.75, 3.05) is 50.3 Å². The van der Waals surface area contributed by atoms with Gasteiger partial charge in [0, 0.05) is 29.7 Å². The molecule has 3 amide bonds. The molecule has 2 aromatic rings. The van der Waals surface area contributed by atoms with Crippen LogP contribution < -0.4 is 19.7 Å². The van der Waals surface area contributed by atoms with Gasteiger partial charge in [0.25, 0.3) is 0 Å². The summed E-state index contributed by atoms with van der Waals surface area (Å²) in [4.78, 5) is 29.4. The summed E-state index contributed by atoms with van der Waals surface area (Å²) < 4.78 is 10.6. The number of urea groups is 1. The Balaban J connectivity index is 1.66. The molecule has 7 nitrogen and oxygen atoms in total. The van der Waals surface area contributed by atoms with Crippen LogP contribution >= 0.6 is 11.8 Å². The number of thioether (sulfide) groups is 1. The zero-order valence-corrected chi connectivity index (χ0v) is 16.9. The van der Waals surface area contributed by atoms with Gasteiger partial charge in [0.1, 0.15) is 18.0 Å². The summed E-state index contributed by atoms with van der Waals surface area (Å²) in [5.74, 6) is 0.979. The van der Waals surface area contributed by atoms with Crippen LogP contribution in [0.1, 0.15) is 0 Å². The molecule has 148 valence electrons. The summed E-state index contributed by atoms with van der Waals surface area (Å²) in [6.07, 6.45) is 2.00. The summed E-state index contributed by atoms with van der Waals surface area (Å²) >= 11 is 1.64. The first-order valence-electron chi connectivity index (χ1n) is 8.78. The van der Waals surface area contributed by atoms with Gasteiger partial charge in [-0.3, -0.25) is 9.69 Å². The third-order valence-corrected chi connectivity index (χ3v) is 5.22. The molecule has 0 unspecified atom stereocenters. The molecule has 1 aliphatic heterocycles. The third-order valence-electron chi connectivity index (χ3n) is 4.48. The fourth-order valence-electron chi connectivity index (χ4n) is 3.01. The summed E-state index contributed by atoms with van der Waals surface area (Å²) in [5, 5.41) is 2.83. The van der Waals surface area contributed by atoms with Crippen molar-refractivity contribution in [2.45, 2.75) is 4.90 Å². The second-order valence-electron chi connectivity index (χ2n) is 6.17. The van der Waals surface area contributed by atoms with E-state index in [1.165, 1.54) is 4.90 Å². The van der Waals surface area contributed by atoms with Crippen molar-refractivity contribution >= 4 is 35.1 Å². The van der Waals surface area contributed by atoms with Gasteiger partial charge < -0.3 is 19.7 Å². The fourth-order valence-corrected chi connectivity index (χ4v) is 3.42. The molecule has 0 aliphatic carbocycles. The predicted octanol–water partition coefficient (Wildman–Crippen LogP) is 3.31. The second kappa shape index (κ2) is 8.88. The van der Waals surface area contributed by atoms with Crippen LogP contribution in [0.4, 0.5) is 16.2 Å². The topological polar surface area (TPSA) is 71.1 Å². The SMILES string of the molecule is COc1ccc(OC)c(N2CCN(CC(=O)Nc3ccc(SC)cc3)C2=O)c1. The highest BCUT2D eigenvalue weighted by Gasteiger charge is 2.32. The Hall–Kier alpha value is -2.87. The maximum absolute atomic E-state index is 12.8. The second-order valence-corrected chi connectivity index (χ2v) is 7.05. The van der Waals surface area contributed by atoms with Crippen molar-refractivity contribution in [3.63, 3.8) is 0 Å². The van der Waals surface area contributed by atoms with Crippen LogP contribution in [0.3, 0.4) is 0 Å². The number of carbonyl (C=O) groups excluding carboxylic acids is 2. The van der Waals surface area contributed by atoms with E-state index in [1.807, 2.05) is 30.5 Å². The molecule has 0 spiro atoms. The van der Waals surface area contributed by atoms with Gasteiger partial charge in [-0.25, -0.2) is 4.79 Å². The molecule has 0 bridgehead atoms. The lowest BCUT2D eigenvalue weighted by atomic mass is 10.2. The van der Waals surface area contributed by atoms with Gasteiger partial charge in [0.2, 0.25) is 5.91 Å². The molecule has 0 atom stereocenters. The molecule has 0 radical (unpaired) electrons. The molecule has 1 fully saturated rings. The highest BCUT2D eigenvalue weighted by atomic mass is 32.2. The van der Waals surface area contributed by atoms with Gasteiger partial charge in [-0.1, -0.05) is 0 Å². The van der Waals surface area contributed by atoms with Gasteiger partial charge in [-0.05, 0) is 42.7 Å². The van der Waals surface area contributed by atoms with Crippen molar-refractivity contribution < 1.29 is 19.1 Å². The number of anilines is 2. The minimum absolute atomic E-state index is 0.00804. The zero-order chi connectivity index (χ0) is 20.1. The summed E-state index contributed by atoms with van der Waals surface area (Å²) in [6, 6.07) is 12.6. The van der Waals surface area contributed by atoms with E-state index in [0.717, 1.165) is 4.90 Å². The third kappa shape index (κ3) is 4.33. The maximum Gasteiger partial charge on any atom is 0.325 e. The first kappa shape index (κ1) is 19.9. The number of amides is 3. The monoisotopic (exact) mass is 401 g/mol. The van der Waals surface area contributed by atoms with E-state index in [0.29, 0.717) is 36.0 Å². The van der Waals surface area contributed by atoms with Crippen LogP contribution in [0.25, 0.3) is 0 Å². The molecular weight excluding hydrogens is 378 g/mol. The Morgan fingerprint density at radius 2 is 1.86 bits per heavy atom. The first-order chi connectivity index (χ1) is 13.5. The quantitative estimate of drug-likeness (QED) is 0.721. The average molecular weight is 401 g/mol. The number of nitrogens with one attached hydrogen (secondary N) is 1. The molecule has 0 aromatic heterocycles. The van der Waals surface area contributed by atoms with Gasteiger partial charge in [0.15, 0.2) is 0 Å². The van der Waals surface area contributed by atoms with Crippen molar-refractivity contribution in [3.05, 3.63) is 42.5 Å². The van der Waals surface area contributed by atoms with Gasteiger partial charge in [0.05, 0.1) is 19.9 Å². The fraction of sp³-hybridized carbons (Fsp3) is 0.300. The molecular formula is C20H23N3O4S. The molecule has 1 saturated heterocycles. The summed E-state index contributed by atoms with van der Waals surface area (Å²) in [6.45, 7) is 0.919. The van der Waals surface area contributed by atoms with Crippen LogP contribution in [0.15, 0.2) is 47.4 Å². The van der Waals surface area contributed by atoms with Crippen LogP contribution in [-0.2, 0) is 4.79 Å². The van der Waals surface area contributed by atoms with E-state index in [9.17, 15) is 9.59 Å². The lowest BCUT2D eigenvalue weighted by molar-refractivity contribution is -0.116. The largest absolute Gasteiger partial charge is 0.497 e. The molecule has 1 heterocycles. The number of benzene rings is 2. The Labute approximate surface area is 168 Å². The summed E-state index contributed by atoms with van der Waals surface area (Å²) in [5.41, 5.74) is 1.34. The lowest BCUT2D eigenvalue weighted by Crippen LogP contribution is -2.37. The van der Waals surface area contributed by atoms with Gasteiger partial charge >= 0.3 is 6.03 Å². The van der Waals surface area contributed by atoms with Crippen molar-refractivity contribution in [3.8, 4) is 11.5 Å². The van der Waals surface area contributed by atoms with E-state index >= 15 is 0 Å². The molecule has 3 rings (SSSR count). The number of ether oxygens (including phenoxy) is 2. The molecule has 1 N–H and O–H groups in total. The minimum Gasteiger partial charge on any atom is -0.497 e.